The van der Waals surface area contributed by atoms with Crippen LogP contribution in [0.4, 0.5) is 10.1 Å². The molecule has 0 bridgehead atoms. The summed E-state index contributed by atoms with van der Waals surface area (Å²) in [6, 6.07) is 9.45. The fourth-order valence-electron chi connectivity index (χ4n) is 2.76. The summed E-state index contributed by atoms with van der Waals surface area (Å²) in [7, 11) is 0. The van der Waals surface area contributed by atoms with Crippen molar-refractivity contribution in [2.45, 2.75) is 18.8 Å². The molecule has 3 rings (SSSR count). The van der Waals surface area contributed by atoms with Gasteiger partial charge >= 0.3 is 0 Å². The summed E-state index contributed by atoms with van der Waals surface area (Å²) in [5.41, 5.74) is 1.30. The zero-order chi connectivity index (χ0) is 15.2. The van der Waals surface area contributed by atoms with Crippen molar-refractivity contribution < 1.29 is 9.18 Å². The molecule has 1 heterocycles. The molecule has 0 radical (unpaired) electrons. The maximum Gasteiger partial charge on any atom is 0.235 e. The van der Waals surface area contributed by atoms with Crippen molar-refractivity contribution in [2.24, 2.45) is 0 Å². The Hall–Kier alpha value is -1.58. The lowest BCUT2D eigenvalue weighted by Gasteiger charge is -2.23. The number of carbonyl (C=O) groups excluding carboxylic acids is 1. The van der Waals surface area contributed by atoms with E-state index < -0.39 is 5.41 Å². The average molecular weight is 324 g/mol. The van der Waals surface area contributed by atoms with Crippen molar-refractivity contribution in [1.29, 1.82) is 0 Å². The van der Waals surface area contributed by atoms with Crippen LogP contribution in [0.2, 0.25) is 10.0 Å². The SMILES string of the molecule is CC1(Cc2ccc(F)cc2)C(=O)Nc2c(Cl)ccc(Cl)c21. The van der Waals surface area contributed by atoms with Crippen molar-refractivity contribution in [3.8, 4) is 0 Å². The first kappa shape index (κ1) is 14.4. The highest BCUT2D eigenvalue weighted by Gasteiger charge is 2.45. The van der Waals surface area contributed by atoms with Gasteiger partial charge in [0.2, 0.25) is 5.91 Å². The number of hydrogen-bond acceptors (Lipinski definition) is 1. The molecular weight excluding hydrogens is 312 g/mol. The predicted molar refractivity (Wildman–Crippen MR) is 82.5 cm³/mol. The molecule has 2 nitrogen and oxygen atoms in total. The number of halogens is 3. The number of carbonyl (C=O) groups is 1. The van der Waals surface area contributed by atoms with Gasteiger partial charge < -0.3 is 5.32 Å². The summed E-state index contributed by atoms with van der Waals surface area (Å²) in [6.45, 7) is 1.82. The Morgan fingerprint density at radius 2 is 1.71 bits per heavy atom. The highest BCUT2D eigenvalue weighted by atomic mass is 35.5. The molecule has 5 heteroatoms. The lowest BCUT2D eigenvalue weighted by Crippen LogP contribution is -2.33. The molecule has 108 valence electrons. The van der Waals surface area contributed by atoms with Gasteiger partial charge in [-0.3, -0.25) is 4.79 Å². The molecule has 0 saturated heterocycles. The van der Waals surface area contributed by atoms with Gasteiger partial charge in [-0.2, -0.15) is 0 Å². The van der Waals surface area contributed by atoms with Crippen LogP contribution in [0.25, 0.3) is 0 Å². The minimum Gasteiger partial charge on any atom is -0.324 e. The van der Waals surface area contributed by atoms with Crippen LogP contribution in [-0.4, -0.2) is 5.91 Å². The van der Waals surface area contributed by atoms with Crippen LogP contribution in [0.5, 0.6) is 0 Å². The van der Waals surface area contributed by atoms with E-state index in [0.29, 0.717) is 27.7 Å². The molecule has 1 atom stereocenters. The van der Waals surface area contributed by atoms with Gasteiger partial charge in [0.15, 0.2) is 0 Å². The average Bonchev–Trinajstić information content (AvgIpc) is 2.70. The molecule has 1 aliphatic heterocycles. The van der Waals surface area contributed by atoms with E-state index in [-0.39, 0.29) is 11.7 Å². The van der Waals surface area contributed by atoms with Gasteiger partial charge in [0.25, 0.3) is 0 Å². The number of amides is 1. The van der Waals surface area contributed by atoms with E-state index in [0.717, 1.165) is 5.56 Å². The van der Waals surface area contributed by atoms with E-state index >= 15 is 0 Å². The zero-order valence-electron chi connectivity index (χ0n) is 11.2. The summed E-state index contributed by atoms with van der Waals surface area (Å²) in [6.07, 6.45) is 0.423. The fourth-order valence-corrected chi connectivity index (χ4v) is 3.33. The van der Waals surface area contributed by atoms with Crippen LogP contribution in [0, 0.1) is 5.82 Å². The van der Waals surface area contributed by atoms with Crippen molar-refractivity contribution in [2.75, 3.05) is 5.32 Å². The summed E-state index contributed by atoms with van der Waals surface area (Å²) in [4.78, 5) is 12.4. The standard InChI is InChI=1S/C16H12Cl2FNO/c1-16(8-9-2-4-10(19)5-3-9)13-11(17)6-7-12(18)14(13)20-15(16)21/h2-7H,8H2,1H3,(H,20,21). The van der Waals surface area contributed by atoms with Crippen molar-refractivity contribution in [1.82, 2.24) is 0 Å². The molecule has 0 saturated carbocycles. The largest absolute Gasteiger partial charge is 0.324 e. The molecule has 0 spiro atoms. The smallest absolute Gasteiger partial charge is 0.235 e. The van der Waals surface area contributed by atoms with Gasteiger partial charge in [-0.1, -0.05) is 35.3 Å². The third-order valence-corrected chi connectivity index (χ3v) is 4.50. The fraction of sp³-hybridized carbons (Fsp3) is 0.188. The molecule has 0 aliphatic carbocycles. The Kier molecular flexibility index (Phi) is 3.42. The van der Waals surface area contributed by atoms with Crippen LogP contribution in [-0.2, 0) is 16.6 Å². The highest BCUT2D eigenvalue weighted by molar-refractivity contribution is 6.38. The Labute approximate surface area is 131 Å². The molecule has 1 aliphatic rings. The zero-order valence-corrected chi connectivity index (χ0v) is 12.7. The number of rotatable bonds is 2. The summed E-state index contributed by atoms with van der Waals surface area (Å²) >= 11 is 12.4. The molecule has 2 aromatic carbocycles. The third-order valence-electron chi connectivity index (χ3n) is 3.87. The lowest BCUT2D eigenvalue weighted by molar-refractivity contribution is -0.120. The Balaban J connectivity index is 2.08. The summed E-state index contributed by atoms with van der Waals surface area (Å²) in [5, 5.41) is 3.76. The van der Waals surface area contributed by atoms with E-state index in [1.165, 1.54) is 12.1 Å². The van der Waals surface area contributed by atoms with Gasteiger partial charge in [0.1, 0.15) is 5.82 Å². The van der Waals surface area contributed by atoms with Gasteiger partial charge in [-0.15, -0.1) is 0 Å². The second-order valence-electron chi connectivity index (χ2n) is 5.37. The maximum atomic E-state index is 13.0. The minimum atomic E-state index is -0.824. The molecular formula is C16H12Cl2FNO. The predicted octanol–water partition coefficient (Wildman–Crippen LogP) is 4.59. The molecule has 21 heavy (non-hydrogen) atoms. The second-order valence-corrected chi connectivity index (χ2v) is 6.18. The summed E-state index contributed by atoms with van der Waals surface area (Å²) in [5.74, 6) is -0.460. The van der Waals surface area contributed by atoms with Crippen LogP contribution >= 0.6 is 23.2 Å². The number of benzene rings is 2. The molecule has 0 aromatic heterocycles. The van der Waals surface area contributed by atoms with Crippen molar-refractivity contribution >= 4 is 34.8 Å². The van der Waals surface area contributed by atoms with E-state index in [1.54, 1.807) is 24.3 Å². The maximum absolute atomic E-state index is 13.0. The van der Waals surface area contributed by atoms with Crippen LogP contribution < -0.4 is 5.32 Å². The number of nitrogens with one attached hydrogen (secondary N) is 1. The van der Waals surface area contributed by atoms with Crippen molar-refractivity contribution in [3.05, 3.63) is 63.4 Å². The normalized spacial score (nSPS) is 20.3. The molecule has 1 amide bonds. The van der Waals surface area contributed by atoms with Crippen molar-refractivity contribution in [3.63, 3.8) is 0 Å². The minimum absolute atomic E-state index is 0.156. The van der Waals surface area contributed by atoms with Gasteiger partial charge in [-0.25, -0.2) is 4.39 Å². The lowest BCUT2D eigenvalue weighted by atomic mass is 9.78. The number of fused-ring (bicyclic) bond motifs is 1. The molecule has 1 unspecified atom stereocenters. The van der Waals surface area contributed by atoms with Crippen LogP contribution in [0.1, 0.15) is 18.1 Å². The van der Waals surface area contributed by atoms with Gasteiger partial charge in [-0.05, 0) is 43.2 Å². The topological polar surface area (TPSA) is 29.1 Å². The molecule has 1 N–H and O–H groups in total. The quantitative estimate of drug-likeness (QED) is 0.860. The van der Waals surface area contributed by atoms with Gasteiger partial charge in [0.05, 0.1) is 16.1 Å². The number of hydrogen-bond donors (Lipinski definition) is 1. The number of anilines is 1. The first-order valence-electron chi connectivity index (χ1n) is 6.46. The highest BCUT2D eigenvalue weighted by Crippen LogP contribution is 2.47. The Morgan fingerprint density at radius 1 is 1.10 bits per heavy atom. The van der Waals surface area contributed by atoms with Crippen LogP contribution in [0.15, 0.2) is 36.4 Å². The van der Waals surface area contributed by atoms with E-state index in [1.807, 2.05) is 6.92 Å². The van der Waals surface area contributed by atoms with E-state index in [2.05, 4.69) is 5.32 Å². The second kappa shape index (κ2) is 5.00. The van der Waals surface area contributed by atoms with E-state index in [4.69, 9.17) is 23.2 Å². The van der Waals surface area contributed by atoms with Gasteiger partial charge in [0, 0.05) is 10.6 Å². The Morgan fingerprint density at radius 3 is 2.38 bits per heavy atom. The summed E-state index contributed by atoms with van der Waals surface area (Å²) < 4.78 is 13.0. The first-order chi connectivity index (χ1) is 9.91. The van der Waals surface area contributed by atoms with E-state index in [9.17, 15) is 9.18 Å². The monoisotopic (exact) mass is 323 g/mol. The Bertz CT molecular complexity index is 730. The van der Waals surface area contributed by atoms with Crippen LogP contribution in [0.3, 0.4) is 0 Å². The molecule has 2 aromatic rings. The molecule has 0 fully saturated rings. The first-order valence-corrected chi connectivity index (χ1v) is 7.22. The third kappa shape index (κ3) is 2.30.